The standard InChI is InChI=1S/C14H28N4O2/c1-10(12(3)17-19)15-8-14(6-5-7-14)9-16-11(2)13(4)18-20/h10-11,15-16,19-20H,5-9H2,1-4H3/p-1/b17-12+,18-13+/t10-,11-/m1/s1. The number of nitrogens with one attached hydrogen (secondary N) is 2. The molecule has 6 heteroatoms. The molecule has 1 saturated carbocycles. The van der Waals surface area contributed by atoms with Crippen molar-refractivity contribution in [3.05, 3.63) is 5.21 Å². The lowest BCUT2D eigenvalue weighted by atomic mass is 9.68. The van der Waals surface area contributed by atoms with Crippen LogP contribution in [-0.4, -0.2) is 41.8 Å². The van der Waals surface area contributed by atoms with E-state index in [0.717, 1.165) is 13.1 Å². The molecular formula is C14H27N4O2-. The highest BCUT2D eigenvalue weighted by molar-refractivity contribution is 5.87. The van der Waals surface area contributed by atoms with E-state index in [-0.39, 0.29) is 17.5 Å². The van der Waals surface area contributed by atoms with Crippen LogP contribution in [0.25, 0.3) is 0 Å². The van der Waals surface area contributed by atoms with Crippen LogP contribution in [0, 0.1) is 10.6 Å². The van der Waals surface area contributed by atoms with E-state index in [1.54, 1.807) is 13.8 Å². The normalized spacial score (nSPS) is 22.2. The molecule has 0 unspecified atom stereocenters. The topological polar surface area (TPSA) is 92.1 Å². The van der Waals surface area contributed by atoms with Crippen LogP contribution in [0.5, 0.6) is 0 Å². The van der Waals surface area contributed by atoms with Crippen LogP contribution in [0.3, 0.4) is 0 Å². The van der Waals surface area contributed by atoms with Crippen LogP contribution in [-0.2, 0) is 0 Å². The molecule has 0 spiro atoms. The summed E-state index contributed by atoms with van der Waals surface area (Å²) in [5, 5.41) is 32.3. The number of oxime groups is 1. The van der Waals surface area contributed by atoms with Crippen molar-refractivity contribution in [3.63, 3.8) is 0 Å². The summed E-state index contributed by atoms with van der Waals surface area (Å²) < 4.78 is 0. The molecule has 116 valence electrons. The summed E-state index contributed by atoms with van der Waals surface area (Å²) in [7, 11) is 0. The van der Waals surface area contributed by atoms with Crippen molar-refractivity contribution in [2.75, 3.05) is 13.1 Å². The average molecular weight is 283 g/mol. The van der Waals surface area contributed by atoms with Crippen molar-refractivity contribution in [1.82, 2.24) is 10.6 Å². The molecule has 0 aromatic rings. The highest BCUT2D eigenvalue weighted by Crippen LogP contribution is 2.39. The van der Waals surface area contributed by atoms with Gasteiger partial charge in [-0.2, -0.15) is 0 Å². The first kappa shape index (κ1) is 16.9. The summed E-state index contributed by atoms with van der Waals surface area (Å²) >= 11 is 0. The Morgan fingerprint density at radius 1 is 1.15 bits per heavy atom. The van der Waals surface area contributed by atoms with Crippen molar-refractivity contribution >= 4 is 11.4 Å². The molecule has 0 bridgehead atoms. The van der Waals surface area contributed by atoms with Gasteiger partial charge in [0.1, 0.15) is 0 Å². The maximum absolute atomic E-state index is 10.5. The predicted molar refractivity (Wildman–Crippen MR) is 82.6 cm³/mol. The number of nitrogens with zero attached hydrogens (tertiary/aromatic N) is 2. The molecule has 0 aromatic carbocycles. The SMILES string of the molecule is C/C(=N\[O-])[C@@H](C)NCC1(CN[C@H](C)/C(C)=N/O)CCC1. The average Bonchev–Trinajstić information content (AvgIpc) is 2.43. The molecule has 1 aliphatic carbocycles. The van der Waals surface area contributed by atoms with Crippen LogP contribution in [0.15, 0.2) is 10.3 Å². The Labute approximate surface area is 121 Å². The Morgan fingerprint density at radius 2 is 1.65 bits per heavy atom. The van der Waals surface area contributed by atoms with Gasteiger partial charge in [0, 0.05) is 30.9 Å². The third kappa shape index (κ3) is 4.45. The molecule has 1 rings (SSSR count). The van der Waals surface area contributed by atoms with Crippen LogP contribution in [0.2, 0.25) is 0 Å². The van der Waals surface area contributed by atoms with Gasteiger partial charge in [-0.05, 0) is 46.0 Å². The number of rotatable bonds is 8. The Hall–Kier alpha value is -1.14. The third-order valence-corrected chi connectivity index (χ3v) is 4.54. The lowest BCUT2D eigenvalue weighted by Crippen LogP contribution is -2.51. The molecule has 0 radical (unpaired) electrons. The van der Waals surface area contributed by atoms with E-state index in [1.165, 1.54) is 19.3 Å². The Balaban J connectivity index is 2.44. The Kier molecular flexibility index (Phi) is 6.42. The molecule has 20 heavy (non-hydrogen) atoms. The second-order valence-corrected chi connectivity index (χ2v) is 6.03. The van der Waals surface area contributed by atoms with Crippen molar-refractivity contribution in [1.29, 1.82) is 0 Å². The van der Waals surface area contributed by atoms with Crippen LogP contribution >= 0.6 is 0 Å². The van der Waals surface area contributed by atoms with Crippen LogP contribution in [0.4, 0.5) is 0 Å². The van der Waals surface area contributed by atoms with Gasteiger partial charge in [0.25, 0.3) is 0 Å². The minimum atomic E-state index is 0.0168. The van der Waals surface area contributed by atoms with Crippen molar-refractivity contribution in [2.24, 2.45) is 15.7 Å². The largest absolute Gasteiger partial charge is 0.792 e. The first-order valence-corrected chi connectivity index (χ1v) is 7.26. The fourth-order valence-corrected chi connectivity index (χ4v) is 2.29. The van der Waals surface area contributed by atoms with E-state index in [4.69, 9.17) is 5.21 Å². The van der Waals surface area contributed by atoms with Gasteiger partial charge >= 0.3 is 0 Å². The quantitative estimate of drug-likeness (QED) is 0.360. The zero-order valence-corrected chi connectivity index (χ0v) is 12.9. The second-order valence-electron chi connectivity index (χ2n) is 6.03. The molecule has 6 nitrogen and oxygen atoms in total. The second kappa shape index (κ2) is 7.59. The maximum Gasteiger partial charge on any atom is 0.0706 e. The maximum atomic E-state index is 10.5. The van der Waals surface area contributed by atoms with Gasteiger partial charge in [-0.3, -0.25) is 0 Å². The van der Waals surface area contributed by atoms with E-state index in [0.29, 0.717) is 11.4 Å². The van der Waals surface area contributed by atoms with Crippen molar-refractivity contribution in [3.8, 4) is 0 Å². The molecule has 0 aromatic heterocycles. The molecule has 1 aliphatic rings. The number of hydrogen-bond acceptors (Lipinski definition) is 6. The molecule has 0 saturated heterocycles. The van der Waals surface area contributed by atoms with Gasteiger partial charge < -0.3 is 26.2 Å². The zero-order chi connectivity index (χ0) is 15.2. The van der Waals surface area contributed by atoms with E-state index in [9.17, 15) is 5.21 Å². The lowest BCUT2D eigenvalue weighted by Gasteiger charge is -2.43. The van der Waals surface area contributed by atoms with Crippen LogP contribution < -0.4 is 10.6 Å². The molecule has 1 fully saturated rings. The molecule has 0 amide bonds. The van der Waals surface area contributed by atoms with Gasteiger partial charge in [-0.15, -0.1) is 0 Å². The number of hydrogen-bond donors (Lipinski definition) is 3. The third-order valence-electron chi connectivity index (χ3n) is 4.54. The zero-order valence-electron chi connectivity index (χ0n) is 12.9. The molecule has 0 heterocycles. The van der Waals surface area contributed by atoms with E-state index in [1.807, 2.05) is 13.8 Å². The summed E-state index contributed by atoms with van der Waals surface area (Å²) in [5.41, 5.74) is 1.51. The Morgan fingerprint density at radius 3 is 2.00 bits per heavy atom. The summed E-state index contributed by atoms with van der Waals surface area (Å²) in [6, 6.07) is 0.0861. The first-order valence-electron chi connectivity index (χ1n) is 7.26. The van der Waals surface area contributed by atoms with Gasteiger partial charge in [0.15, 0.2) is 0 Å². The van der Waals surface area contributed by atoms with Gasteiger partial charge in [0.2, 0.25) is 0 Å². The minimum absolute atomic E-state index is 0.0168. The summed E-state index contributed by atoms with van der Waals surface area (Å²) in [5.74, 6) is 0. The van der Waals surface area contributed by atoms with Gasteiger partial charge in [-0.1, -0.05) is 11.6 Å². The predicted octanol–water partition coefficient (Wildman–Crippen LogP) is 1.92. The first-order chi connectivity index (χ1) is 9.44. The molecule has 2 atom stereocenters. The smallest absolute Gasteiger partial charge is 0.0706 e. The van der Waals surface area contributed by atoms with E-state index >= 15 is 0 Å². The van der Waals surface area contributed by atoms with Crippen molar-refractivity contribution < 1.29 is 5.21 Å². The lowest BCUT2D eigenvalue weighted by molar-refractivity contribution is 0.124. The highest BCUT2D eigenvalue weighted by Gasteiger charge is 2.37. The van der Waals surface area contributed by atoms with E-state index < -0.39 is 0 Å². The summed E-state index contributed by atoms with van der Waals surface area (Å²) in [6.07, 6.45) is 3.60. The summed E-state index contributed by atoms with van der Waals surface area (Å²) in [6.45, 7) is 9.26. The Bertz CT molecular complexity index is 334. The highest BCUT2D eigenvalue weighted by atomic mass is 16.4. The van der Waals surface area contributed by atoms with Gasteiger partial charge in [0.05, 0.1) is 5.71 Å². The van der Waals surface area contributed by atoms with E-state index in [2.05, 4.69) is 20.9 Å². The summed E-state index contributed by atoms with van der Waals surface area (Å²) in [4.78, 5) is 0. The fourth-order valence-electron chi connectivity index (χ4n) is 2.29. The molecule has 0 aliphatic heterocycles. The van der Waals surface area contributed by atoms with Crippen LogP contribution in [0.1, 0.15) is 47.0 Å². The minimum Gasteiger partial charge on any atom is -0.792 e. The fraction of sp³-hybridized carbons (Fsp3) is 0.857. The monoisotopic (exact) mass is 283 g/mol. The molecular weight excluding hydrogens is 256 g/mol. The molecule has 3 N–H and O–H groups in total. The van der Waals surface area contributed by atoms with Gasteiger partial charge in [-0.25, -0.2) is 0 Å². The van der Waals surface area contributed by atoms with Crippen molar-refractivity contribution in [2.45, 2.75) is 59.0 Å².